The highest BCUT2D eigenvalue weighted by Gasteiger charge is 2.64. The van der Waals surface area contributed by atoms with Crippen LogP contribution in [0.5, 0.6) is 0 Å². The molecule has 4 fully saturated rings. The molecule has 4 saturated carbocycles. The van der Waals surface area contributed by atoms with Crippen molar-refractivity contribution in [1.82, 2.24) is 5.32 Å². The molecule has 1 amide bonds. The summed E-state index contributed by atoms with van der Waals surface area (Å²) in [6.07, 6.45) is 0.915. The smallest absolute Gasteiger partial charge is 0.348 e. The van der Waals surface area contributed by atoms with Gasteiger partial charge in [0.25, 0.3) is 5.91 Å². The number of carbonyl (C=O) groups excluding carboxylic acids is 1. The zero-order valence-electron chi connectivity index (χ0n) is 13.4. The number of methoxy groups -OCH3 is 1. The third-order valence-electron chi connectivity index (χ3n) is 6.29. The van der Waals surface area contributed by atoms with Gasteiger partial charge >= 0.3 is 12.0 Å². The fourth-order valence-electron chi connectivity index (χ4n) is 5.49. The summed E-state index contributed by atoms with van der Waals surface area (Å²) in [4.78, 5) is 11.9. The number of alkyl halides is 4. The average molecular weight is 337 g/mol. The van der Waals surface area contributed by atoms with Crippen LogP contribution in [-0.4, -0.2) is 31.1 Å². The molecule has 1 N–H and O–H groups in total. The van der Waals surface area contributed by atoms with Gasteiger partial charge in [-0.3, -0.25) is 4.79 Å². The highest BCUT2D eigenvalue weighted by atomic mass is 19.4. The summed E-state index contributed by atoms with van der Waals surface area (Å²) in [6, 6.07) is -0.490. The lowest BCUT2D eigenvalue weighted by Crippen LogP contribution is -2.61. The molecule has 4 aliphatic carbocycles. The molecule has 23 heavy (non-hydrogen) atoms. The first kappa shape index (κ1) is 17.0. The van der Waals surface area contributed by atoms with E-state index < -0.39 is 24.0 Å². The van der Waals surface area contributed by atoms with E-state index in [4.69, 9.17) is 0 Å². The van der Waals surface area contributed by atoms with Crippen LogP contribution in [0.1, 0.15) is 45.4 Å². The lowest BCUT2D eigenvalue weighted by molar-refractivity contribution is -0.308. The maximum Gasteiger partial charge on any atom is 0.458 e. The first-order valence-electron chi connectivity index (χ1n) is 8.21. The number of carbonyl (C=O) groups is 1. The molecule has 7 heteroatoms. The highest BCUT2D eigenvalue weighted by Crippen LogP contribution is 2.61. The normalized spacial score (nSPS) is 39.8. The predicted molar refractivity (Wildman–Crippen MR) is 75.1 cm³/mol. The van der Waals surface area contributed by atoms with Crippen LogP contribution < -0.4 is 5.32 Å². The van der Waals surface area contributed by atoms with E-state index in [0.29, 0.717) is 24.9 Å². The number of halogens is 4. The van der Waals surface area contributed by atoms with Crippen molar-refractivity contribution in [1.29, 1.82) is 0 Å². The Kier molecular flexibility index (Phi) is 3.93. The standard InChI is InChI=1S/C16H23F4NO2/c1-9(21-13(22)15(17,23-2)16(18,19)20)14-6-10-3-11(7-14)5-12(4-10)8-14/h9-12H,3-8H2,1-2H3,(H,21,22)/t9-,10?,11?,12?,14?,15+/m0/s1. The van der Waals surface area contributed by atoms with E-state index in [9.17, 15) is 22.4 Å². The van der Waals surface area contributed by atoms with Gasteiger partial charge in [-0.2, -0.15) is 17.6 Å². The molecule has 3 nitrogen and oxygen atoms in total. The SMILES string of the molecule is CO[C@](F)(C(=O)N[C@@H](C)C12CC3CC(CC(C3)C1)C2)C(F)(F)F. The van der Waals surface area contributed by atoms with E-state index in [0.717, 1.165) is 19.3 Å². The quantitative estimate of drug-likeness (QED) is 0.796. The summed E-state index contributed by atoms with van der Waals surface area (Å²) in [5, 5.41) is 2.28. The predicted octanol–water partition coefficient (Wildman–Crippen LogP) is 3.58. The molecule has 0 aromatic carbocycles. The van der Waals surface area contributed by atoms with Gasteiger partial charge in [0, 0.05) is 13.2 Å². The van der Waals surface area contributed by atoms with Crippen LogP contribution in [0, 0.1) is 23.2 Å². The Morgan fingerprint density at radius 3 is 1.87 bits per heavy atom. The van der Waals surface area contributed by atoms with Gasteiger partial charge in [-0.05, 0) is 68.6 Å². The van der Waals surface area contributed by atoms with Gasteiger partial charge < -0.3 is 10.1 Å². The number of amides is 1. The lowest BCUT2D eigenvalue weighted by Gasteiger charge is -2.59. The van der Waals surface area contributed by atoms with Crippen molar-refractivity contribution in [2.24, 2.45) is 23.2 Å². The van der Waals surface area contributed by atoms with Crippen LogP contribution >= 0.6 is 0 Å². The first-order chi connectivity index (χ1) is 10.6. The Bertz CT molecular complexity index is 458. The molecule has 4 rings (SSSR count). The van der Waals surface area contributed by atoms with Gasteiger partial charge in [0.1, 0.15) is 0 Å². The third kappa shape index (κ3) is 2.65. The second-order valence-corrected chi connectivity index (χ2v) is 7.77. The summed E-state index contributed by atoms with van der Waals surface area (Å²) in [5.41, 5.74) is -0.190. The molecule has 0 aromatic heterocycles. The molecule has 0 radical (unpaired) electrons. The van der Waals surface area contributed by atoms with E-state index in [2.05, 4.69) is 10.1 Å². The molecule has 0 saturated heterocycles. The first-order valence-corrected chi connectivity index (χ1v) is 8.21. The zero-order chi connectivity index (χ0) is 17.0. The maximum absolute atomic E-state index is 14.0. The molecular weight excluding hydrogens is 314 g/mol. The molecule has 0 unspecified atom stereocenters. The van der Waals surface area contributed by atoms with Crippen LogP contribution in [-0.2, 0) is 9.53 Å². The minimum absolute atomic E-state index is 0.190. The van der Waals surface area contributed by atoms with Crippen molar-refractivity contribution in [3.8, 4) is 0 Å². The van der Waals surface area contributed by atoms with Gasteiger partial charge in [0.2, 0.25) is 0 Å². The minimum Gasteiger partial charge on any atom is -0.348 e. The molecule has 0 aromatic rings. The molecule has 132 valence electrons. The van der Waals surface area contributed by atoms with E-state index in [1.54, 1.807) is 6.92 Å². The lowest BCUT2D eigenvalue weighted by atomic mass is 9.48. The van der Waals surface area contributed by atoms with Gasteiger partial charge in [0.05, 0.1) is 0 Å². The Morgan fingerprint density at radius 2 is 1.52 bits per heavy atom. The summed E-state index contributed by atoms with van der Waals surface area (Å²) in [6.45, 7) is 1.71. The van der Waals surface area contributed by atoms with E-state index >= 15 is 0 Å². The Hall–Kier alpha value is -0.850. The van der Waals surface area contributed by atoms with Gasteiger partial charge in [-0.1, -0.05) is 0 Å². The average Bonchev–Trinajstić information content (AvgIpc) is 2.43. The highest BCUT2D eigenvalue weighted by molar-refractivity contribution is 5.84. The van der Waals surface area contributed by atoms with Crippen molar-refractivity contribution in [2.75, 3.05) is 7.11 Å². The van der Waals surface area contributed by atoms with Crippen LogP contribution in [0.4, 0.5) is 17.6 Å². The molecule has 0 heterocycles. The van der Waals surface area contributed by atoms with Crippen LogP contribution in [0.25, 0.3) is 0 Å². The monoisotopic (exact) mass is 337 g/mol. The third-order valence-corrected chi connectivity index (χ3v) is 6.29. The van der Waals surface area contributed by atoms with Crippen molar-refractivity contribution >= 4 is 5.91 Å². The fourth-order valence-corrected chi connectivity index (χ4v) is 5.49. The van der Waals surface area contributed by atoms with Crippen molar-refractivity contribution in [2.45, 2.75) is 63.5 Å². The molecule has 0 spiro atoms. The summed E-state index contributed by atoms with van der Waals surface area (Å²) in [7, 11) is 0.558. The Labute approximate surface area is 133 Å². The number of hydrogen-bond acceptors (Lipinski definition) is 2. The number of ether oxygens (including phenoxy) is 1. The largest absolute Gasteiger partial charge is 0.458 e. The van der Waals surface area contributed by atoms with Gasteiger partial charge in [0.15, 0.2) is 0 Å². The second-order valence-electron chi connectivity index (χ2n) is 7.77. The molecular formula is C16H23F4NO2. The second kappa shape index (κ2) is 5.33. The van der Waals surface area contributed by atoms with Crippen molar-refractivity contribution < 1.29 is 27.1 Å². The molecule has 4 bridgehead atoms. The molecule has 0 aliphatic heterocycles. The van der Waals surface area contributed by atoms with Crippen molar-refractivity contribution in [3.63, 3.8) is 0 Å². The summed E-state index contributed by atoms with van der Waals surface area (Å²) in [5.74, 6) is -4.23. The van der Waals surface area contributed by atoms with Gasteiger partial charge in [-0.15, -0.1) is 0 Å². The van der Waals surface area contributed by atoms with E-state index in [1.807, 2.05) is 0 Å². The molecule has 4 aliphatic rings. The number of rotatable bonds is 4. The fraction of sp³-hybridized carbons (Fsp3) is 0.938. The Morgan fingerprint density at radius 1 is 1.09 bits per heavy atom. The summed E-state index contributed by atoms with van der Waals surface area (Å²) < 4.78 is 56.3. The van der Waals surface area contributed by atoms with Gasteiger partial charge in [-0.25, -0.2) is 0 Å². The number of nitrogens with one attached hydrogen (secondary N) is 1. The Balaban J connectivity index is 1.74. The molecule has 2 atom stereocenters. The van der Waals surface area contributed by atoms with Crippen molar-refractivity contribution in [3.05, 3.63) is 0 Å². The topological polar surface area (TPSA) is 38.3 Å². The van der Waals surface area contributed by atoms with Crippen LogP contribution in [0.3, 0.4) is 0 Å². The van der Waals surface area contributed by atoms with E-state index in [-0.39, 0.29) is 5.41 Å². The van der Waals surface area contributed by atoms with Crippen LogP contribution in [0.15, 0.2) is 0 Å². The van der Waals surface area contributed by atoms with Crippen LogP contribution in [0.2, 0.25) is 0 Å². The minimum atomic E-state index is -5.40. The maximum atomic E-state index is 14.0. The van der Waals surface area contributed by atoms with E-state index in [1.165, 1.54) is 19.3 Å². The zero-order valence-corrected chi connectivity index (χ0v) is 13.4. The summed E-state index contributed by atoms with van der Waals surface area (Å²) >= 11 is 0. The number of hydrogen-bond donors (Lipinski definition) is 1.